The molecular weight excluding hydrogens is 500 g/mol. The van der Waals surface area contributed by atoms with Crippen LogP contribution in [0.3, 0.4) is 0 Å². The number of fused-ring (bicyclic) bond motifs is 1. The average Bonchev–Trinajstić information content (AvgIpc) is 3.32. The maximum absolute atomic E-state index is 13.6. The van der Waals surface area contributed by atoms with Crippen LogP contribution in [0.25, 0.3) is 0 Å². The maximum Gasteiger partial charge on any atom is 0.227 e. The molecule has 0 spiro atoms. The summed E-state index contributed by atoms with van der Waals surface area (Å²) in [5, 5.41) is 9.64. The summed E-state index contributed by atoms with van der Waals surface area (Å²) in [6.45, 7) is 6.89. The highest BCUT2D eigenvalue weighted by molar-refractivity contribution is 6.71. The molecule has 206 valence electrons. The van der Waals surface area contributed by atoms with Crippen molar-refractivity contribution in [1.82, 2.24) is 4.90 Å². The van der Waals surface area contributed by atoms with Gasteiger partial charge in [-0.15, -0.1) is 0 Å². The van der Waals surface area contributed by atoms with Crippen molar-refractivity contribution in [3.63, 3.8) is 0 Å². The highest BCUT2D eigenvalue weighted by Crippen LogP contribution is 2.47. The van der Waals surface area contributed by atoms with Gasteiger partial charge in [0.25, 0.3) is 0 Å². The summed E-state index contributed by atoms with van der Waals surface area (Å²) in [5.41, 5.74) is 2.30. The third kappa shape index (κ3) is 6.12. The van der Waals surface area contributed by atoms with Gasteiger partial charge in [0.15, 0.2) is 8.32 Å². The zero-order chi connectivity index (χ0) is 27.4. The first kappa shape index (κ1) is 28.3. The fraction of sp³-hybridized carbons (Fsp3) is 0.517. The Bertz CT molecular complexity index is 1120. The summed E-state index contributed by atoms with van der Waals surface area (Å²) in [4.78, 5) is 40.7. The van der Waals surface area contributed by atoms with E-state index in [1.165, 1.54) is 0 Å². The molecule has 1 fully saturated rings. The SMILES string of the molecule is CO[C@@H]1c2cc(N3CCCC3=O)ccc2O[C@H](C(CC(=O)N(CCO)Cc2ccccc2)[Si](C)(C)O)[C@H]1C. The van der Waals surface area contributed by atoms with Crippen molar-refractivity contribution in [2.24, 2.45) is 5.92 Å². The topological polar surface area (TPSA) is 99.5 Å². The average molecular weight is 541 g/mol. The van der Waals surface area contributed by atoms with E-state index in [0.29, 0.717) is 25.3 Å². The van der Waals surface area contributed by atoms with Crippen LogP contribution in [0.5, 0.6) is 5.75 Å². The number of amides is 2. The monoisotopic (exact) mass is 540 g/mol. The van der Waals surface area contributed by atoms with E-state index < -0.39 is 20.0 Å². The number of aliphatic hydroxyl groups is 1. The lowest BCUT2D eigenvalue weighted by molar-refractivity contribution is -0.133. The Morgan fingerprint density at radius 3 is 2.58 bits per heavy atom. The molecule has 9 heteroatoms. The molecule has 4 rings (SSSR count). The van der Waals surface area contributed by atoms with E-state index in [9.17, 15) is 19.5 Å². The first-order chi connectivity index (χ1) is 18.1. The highest BCUT2D eigenvalue weighted by atomic mass is 28.4. The molecule has 8 nitrogen and oxygen atoms in total. The van der Waals surface area contributed by atoms with Gasteiger partial charge >= 0.3 is 0 Å². The van der Waals surface area contributed by atoms with Gasteiger partial charge in [-0.05, 0) is 43.3 Å². The summed E-state index contributed by atoms with van der Waals surface area (Å²) in [6, 6.07) is 15.4. The molecule has 1 saturated heterocycles. The Labute approximate surface area is 226 Å². The van der Waals surface area contributed by atoms with Crippen LogP contribution < -0.4 is 9.64 Å². The minimum Gasteiger partial charge on any atom is -0.490 e. The van der Waals surface area contributed by atoms with Crippen molar-refractivity contribution in [1.29, 1.82) is 0 Å². The molecule has 2 amide bonds. The number of nitrogens with zero attached hydrogens (tertiary/aromatic N) is 2. The molecule has 38 heavy (non-hydrogen) atoms. The molecular formula is C29H40N2O6Si. The molecule has 1 unspecified atom stereocenters. The lowest BCUT2D eigenvalue weighted by Crippen LogP contribution is -2.50. The number of hydrogen-bond donors (Lipinski definition) is 2. The van der Waals surface area contributed by atoms with Crippen LogP contribution in [-0.2, 0) is 20.9 Å². The van der Waals surface area contributed by atoms with Crippen LogP contribution in [0.15, 0.2) is 48.5 Å². The van der Waals surface area contributed by atoms with Crippen molar-refractivity contribution in [2.45, 2.75) is 63.6 Å². The van der Waals surface area contributed by atoms with Gasteiger partial charge in [-0.3, -0.25) is 9.59 Å². The van der Waals surface area contributed by atoms with Gasteiger partial charge in [-0.1, -0.05) is 37.3 Å². The number of benzene rings is 2. The van der Waals surface area contributed by atoms with Crippen LogP contribution >= 0.6 is 0 Å². The molecule has 2 aromatic rings. The minimum atomic E-state index is -2.89. The van der Waals surface area contributed by atoms with Crippen molar-refractivity contribution in [2.75, 3.05) is 31.7 Å². The lowest BCUT2D eigenvalue weighted by atomic mass is 9.86. The van der Waals surface area contributed by atoms with E-state index in [0.717, 1.165) is 23.2 Å². The van der Waals surface area contributed by atoms with Gasteiger partial charge in [0.2, 0.25) is 11.8 Å². The molecule has 4 atom stereocenters. The quantitative estimate of drug-likeness (QED) is 0.444. The van der Waals surface area contributed by atoms with Crippen LogP contribution in [0.4, 0.5) is 5.69 Å². The van der Waals surface area contributed by atoms with Gasteiger partial charge in [0, 0.05) is 62.3 Å². The second kappa shape index (κ2) is 12.0. The Morgan fingerprint density at radius 2 is 1.97 bits per heavy atom. The van der Waals surface area contributed by atoms with Crippen LogP contribution in [0.2, 0.25) is 18.6 Å². The fourth-order valence-corrected chi connectivity index (χ4v) is 7.61. The minimum absolute atomic E-state index is 0.115. The zero-order valence-corrected chi connectivity index (χ0v) is 23.8. The van der Waals surface area contributed by atoms with Gasteiger partial charge < -0.3 is 29.2 Å². The zero-order valence-electron chi connectivity index (χ0n) is 22.8. The number of carbonyl (C=O) groups excluding carboxylic acids is 2. The fourth-order valence-electron chi connectivity index (χ4n) is 5.76. The van der Waals surface area contributed by atoms with Gasteiger partial charge in [-0.25, -0.2) is 0 Å². The Balaban J connectivity index is 1.59. The predicted octanol–water partition coefficient (Wildman–Crippen LogP) is 3.88. The number of hydrogen-bond acceptors (Lipinski definition) is 6. The van der Waals surface area contributed by atoms with E-state index in [4.69, 9.17) is 9.47 Å². The number of anilines is 1. The van der Waals surface area contributed by atoms with Crippen molar-refractivity contribution >= 4 is 25.8 Å². The Morgan fingerprint density at radius 1 is 1.24 bits per heavy atom. The number of rotatable bonds is 10. The molecule has 0 saturated carbocycles. The molecule has 2 aliphatic heterocycles. The molecule has 2 aromatic carbocycles. The second-order valence-electron chi connectivity index (χ2n) is 11.0. The lowest BCUT2D eigenvalue weighted by Gasteiger charge is -2.44. The van der Waals surface area contributed by atoms with E-state index in [2.05, 4.69) is 0 Å². The molecule has 2 heterocycles. The predicted molar refractivity (Wildman–Crippen MR) is 148 cm³/mol. The van der Waals surface area contributed by atoms with Crippen molar-refractivity contribution in [3.05, 3.63) is 59.7 Å². The Kier molecular flexibility index (Phi) is 8.92. The van der Waals surface area contributed by atoms with Crippen LogP contribution in [0, 0.1) is 5.92 Å². The second-order valence-corrected chi connectivity index (χ2v) is 15.0. The van der Waals surface area contributed by atoms with Crippen molar-refractivity contribution in [3.8, 4) is 5.75 Å². The standard InChI is InChI=1S/C29H40N2O6Si/c1-20-28(36-2)23-17-22(31-14-8-11-26(31)33)12-13-24(23)37-29(20)25(38(3,4)35)18-27(34)30(15-16-32)19-21-9-6-5-7-10-21/h5-7,9-10,12-13,17,20,25,28-29,32,35H,8,11,14-16,18-19H2,1-4H3/t20-,25?,28-,29-/m0/s1. The summed E-state index contributed by atoms with van der Waals surface area (Å²) >= 11 is 0. The normalized spacial score (nSPS) is 22.1. The summed E-state index contributed by atoms with van der Waals surface area (Å²) in [5.74, 6) is 0.508. The van der Waals surface area contributed by atoms with E-state index in [1.807, 2.05) is 68.5 Å². The maximum atomic E-state index is 13.6. The molecule has 0 aromatic heterocycles. The van der Waals surface area contributed by atoms with E-state index in [-0.39, 0.29) is 43.4 Å². The molecule has 0 bridgehead atoms. The smallest absolute Gasteiger partial charge is 0.227 e. The van der Waals surface area contributed by atoms with Crippen LogP contribution in [0.1, 0.15) is 43.4 Å². The largest absolute Gasteiger partial charge is 0.490 e. The van der Waals surface area contributed by atoms with Gasteiger partial charge in [0.1, 0.15) is 11.9 Å². The molecule has 2 aliphatic rings. The highest BCUT2D eigenvalue weighted by Gasteiger charge is 2.47. The van der Waals surface area contributed by atoms with Crippen molar-refractivity contribution < 1.29 is 29.0 Å². The number of ether oxygens (including phenoxy) is 2. The third-order valence-corrected chi connectivity index (χ3v) is 10.2. The number of aliphatic hydroxyl groups excluding tert-OH is 1. The van der Waals surface area contributed by atoms with E-state index >= 15 is 0 Å². The van der Waals surface area contributed by atoms with Gasteiger partial charge in [0.05, 0.1) is 12.7 Å². The first-order valence-corrected chi connectivity index (χ1v) is 16.4. The molecule has 0 radical (unpaired) electrons. The van der Waals surface area contributed by atoms with Crippen LogP contribution in [-0.4, -0.2) is 67.8 Å². The molecule has 2 N–H and O–H groups in total. The number of methoxy groups -OCH3 is 1. The first-order valence-electron chi connectivity index (χ1n) is 13.4. The van der Waals surface area contributed by atoms with Gasteiger partial charge in [-0.2, -0.15) is 0 Å². The Hall–Kier alpha value is -2.72. The summed E-state index contributed by atoms with van der Waals surface area (Å²) in [7, 11) is -1.23. The molecule has 0 aliphatic carbocycles. The van der Waals surface area contributed by atoms with E-state index in [1.54, 1.807) is 16.9 Å². The summed E-state index contributed by atoms with van der Waals surface area (Å²) < 4.78 is 12.5. The number of carbonyl (C=O) groups is 2. The summed E-state index contributed by atoms with van der Waals surface area (Å²) in [6.07, 6.45) is 0.776. The third-order valence-electron chi connectivity index (χ3n) is 7.84.